The molecule has 2 aromatic carbocycles. The molecule has 1 amide bonds. The first-order chi connectivity index (χ1) is 16.9. The van der Waals surface area contributed by atoms with Gasteiger partial charge in [-0.25, -0.2) is 0 Å². The maximum absolute atomic E-state index is 13.3. The molecule has 1 N–H and O–H groups in total. The third kappa shape index (κ3) is 4.21. The number of hydrogen-bond acceptors (Lipinski definition) is 7. The van der Waals surface area contributed by atoms with Gasteiger partial charge in [0.15, 0.2) is 17.3 Å². The number of Topliss-reactive ketones (excluding diaryl/α,β-unsaturated/α-hetero) is 1. The van der Waals surface area contributed by atoms with Crippen molar-refractivity contribution >= 4 is 17.5 Å². The maximum Gasteiger partial charge on any atom is 0.295 e. The molecule has 2 aromatic heterocycles. The van der Waals surface area contributed by atoms with Crippen LogP contribution in [0.25, 0.3) is 0 Å². The number of ketones is 1. The molecule has 1 aliphatic heterocycles. The average molecular weight is 470 g/mol. The predicted octanol–water partition coefficient (Wildman–Crippen LogP) is 5.25. The van der Waals surface area contributed by atoms with Gasteiger partial charge in [-0.1, -0.05) is 47.6 Å². The Balaban J connectivity index is 1.50. The van der Waals surface area contributed by atoms with Crippen molar-refractivity contribution in [3.05, 3.63) is 113 Å². The third-order valence-corrected chi connectivity index (χ3v) is 5.72. The molecule has 176 valence electrons. The number of amides is 1. The number of ether oxygens (including phenoxy) is 1. The van der Waals surface area contributed by atoms with Crippen LogP contribution >= 0.6 is 0 Å². The number of aryl methyl sites for hydroxylation is 2. The van der Waals surface area contributed by atoms with E-state index < -0.39 is 23.5 Å². The Morgan fingerprint density at radius 2 is 1.77 bits per heavy atom. The van der Waals surface area contributed by atoms with E-state index in [1.807, 2.05) is 30.3 Å². The molecule has 1 atom stereocenters. The number of aromatic nitrogens is 1. The van der Waals surface area contributed by atoms with Crippen molar-refractivity contribution in [3.63, 3.8) is 0 Å². The van der Waals surface area contributed by atoms with Crippen molar-refractivity contribution in [1.82, 2.24) is 5.16 Å². The molecule has 8 nitrogen and oxygen atoms in total. The zero-order valence-electron chi connectivity index (χ0n) is 19.1. The lowest BCUT2D eigenvalue weighted by molar-refractivity contribution is -0.117. The summed E-state index contributed by atoms with van der Waals surface area (Å²) in [6, 6.07) is 20.6. The highest BCUT2D eigenvalue weighted by Gasteiger charge is 2.46. The van der Waals surface area contributed by atoms with Crippen LogP contribution in [0.15, 0.2) is 93.1 Å². The summed E-state index contributed by atoms with van der Waals surface area (Å²) in [7, 11) is 0. The average Bonchev–Trinajstić information content (AvgIpc) is 3.56. The summed E-state index contributed by atoms with van der Waals surface area (Å²) >= 11 is 0. The van der Waals surface area contributed by atoms with E-state index in [4.69, 9.17) is 13.7 Å². The van der Waals surface area contributed by atoms with Gasteiger partial charge >= 0.3 is 0 Å². The number of furan rings is 1. The van der Waals surface area contributed by atoms with E-state index in [0.717, 1.165) is 5.56 Å². The predicted molar refractivity (Wildman–Crippen MR) is 126 cm³/mol. The van der Waals surface area contributed by atoms with E-state index in [-0.39, 0.29) is 17.2 Å². The van der Waals surface area contributed by atoms with Crippen LogP contribution in [-0.4, -0.2) is 22.0 Å². The fourth-order valence-electron chi connectivity index (χ4n) is 4.03. The largest absolute Gasteiger partial charge is 0.503 e. The number of rotatable bonds is 7. The number of nitrogens with zero attached hydrogens (tertiary/aromatic N) is 2. The Morgan fingerprint density at radius 1 is 1.03 bits per heavy atom. The van der Waals surface area contributed by atoms with E-state index in [9.17, 15) is 14.7 Å². The molecule has 0 spiro atoms. The summed E-state index contributed by atoms with van der Waals surface area (Å²) in [5.74, 6) is -0.127. The molecule has 4 aromatic rings. The zero-order valence-corrected chi connectivity index (χ0v) is 19.1. The van der Waals surface area contributed by atoms with Gasteiger partial charge in [0.1, 0.15) is 23.9 Å². The van der Waals surface area contributed by atoms with Gasteiger partial charge < -0.3 is 18.8 Å². The topological polar surface area (TPSA) is 106 Å². The van der Waals surface area contributed by atoms with Crippen LogP contribution in [0.1, 0.15) is 39.2 Å². The first-order valence-corrected chi connectivity index (χ1v) is 11.0. The van der Waals surface area contributed by atoms with Gasteiger partial charge in [-0.2, -0.15) is 0 Å². The molecule has 0 saturated carbocycles. The van der Waals surface area contributed by atoms with E-state index in [0.29, 0.717) is 29.4 Å². The summed E-state index contributed by atoms with van der Waals surface area (Å²) in [6.07, 6.45) is 0. The second kappa shape index (κ2) is 8.98. The van der Waals surface area contributed by atoms with E-state index >= 15 is 0 Å². The molecule has 0 fully saturated rings. The van der Waals surface area contributed by atoms with Gasteiger partial charge in [-0.3, -0.25) is 14.5 Å². The normalized spacial score (nSPS) is 15.7. The molecule has 5 rings (SSSR count). The lowest BCUT2D eigenvalue weighted by atomic mass is 9.95. The van der Waals surface area contributed by atoms with Gasteiger partial charge in [0.05, 0.1) is 11.6 Å². The highest BCUT2D eigenvalue weighted by Crippen LogP contribution is 2.42. The molecular weight excluding hydrogens is 448 g/mol. The van der Waals surface area contributed by atoms with Gasteiger partial charge in [-0.15, -0.1) is 0 Å². The second-order valence-corrected chi connectivity index (χ2v) is 8.22. The Bertz CT molecular complexity index is 1420. The van der Waals surface area contributed by atoms with E-state index in [1.165, 1.54) is 11.0 Å². The quantitative estimate of drug-likeness (QED) is 0.368. The lowest BCUT2D eigenvalue weighted by Crippen LogP contribution is -2.31. The number of aliphatic hydroxyl groups excluding tert-OH is 1. The summed E-state index contributed by atoms with van der Waals surface area (Å²) in [5, 5.41) is 14.7. The number of benzene rings is 2. The monoisotopic (exact) mass is 470 g/mol. The highest BCUT2D eigenvalue weighted by molar-refractivity contribution is 6.19. The standard InChI is InChI=1S/C27H22N2O6/c1-16-8-13-21(34-16)25(30)23-24(29(27(32)26(23)31)22-14-17(2)35-28-22)19-9-11-20(12-10-19)33-15-18-6-4-3-5-7-18/h3-14,24,31H,15H2,1-2H3/t24-/m1/s1. The third-order valence-electron chi connectivity index (χ3n) is 5.72. The number of hydrogen-bond donors (Lipinski definition) is 1. The van der Waals surface area contributed by atoms with Crippen LogP contribution in [0.4, 0.5) is 5.82 Å². The second-order valence-electron chi connectivity index (χ2n) is 8.22. The Kier molecular flexibility index (Phi) is 5.70. The maximum atomic E-state index is 13.3. The van der Waals surface area contributed by atoms with E-state index in [2.05, 4.69) is 5.16 Å². The summed E-state index contributed by atoms with van der Waals surface area (Å²) in [5.41, 5.74) is 1.52. The molecule has 3 heterocycles. The van der Waals surface area contributed by atoms with Crippen LogP contribution in [0.2, 0.25) is 0 Å². The minimum Gasteiger partial charge on any atom is -0.503 e. The van der Waals surface area contributed by atoms with Gasteiger partial charge in [0.25, 0.3) is 5.91 Å². The van der Waals surface area contributed by atoms with Crippen LogP contribution in [0.3, 0.4) is 0 Å². The highest BCUT2D eigenvalue weighted by atomic mass is 16.5. The van der Waals surface area contributed by atoms with Gasteiger partial charge in [0, 0.05) is 6.07 Å². The Hall–Kier alpha value is -4.59. The minimum atomic E-state index is -0.937. The molecule has 0 unspecified atom stereocenters. The van der Waals surface area contributed by atoms with Crippen molar-refractivity contribution in [2.45, 2.75) is 26.5 Å². The summed E-state index contributed by atoms with van der Waals surface area (Å²) in [4.78, 5) is 27.7. The molecule has 1 aliphatic rings. The molecule has 0 bridgehead atoms. The van der Waals surface area contributed by atoms with Crippen LogP contribution < -0.4 is 9.64 Å². The van der Waals surface area contributed by atoms with Crippen LogP contribution in [0.5, 0.6) is 5.75 Å². The van der Waals surface area contributed by atoms with Crippen molar-refractivity contribution < 1.29 is 28.4 Å². The summed E-state index contributed by atoms with van der Waals surface area (Å²) < 4.78 is 16.5. The van der Waals surface area contributed by atoms with Crippen molar-refractivity contribution in [3.8, 4) is 5.75 Å². The molecule has 0 aliphatic carbocycles. The Labute approximate surface area is 201 Å². The van der Waals surface area contributed by atoms with Crippen molar-refractivity contribution in [2.75, 3.05) is 4.90 Å². The smallest absolute Gasteiger partial charge is 0.295 e. The number of carbonyl (C=O) groups is 2. The van der Waals surface area contributed by atoms with Crippen molar-refractivity contribution in [1.29, 1.82) is 0 Å². The minimum absolute atomic E-state index is 0.0304. The van der Waals surface area contributed by atoms with Gasteiger partial charge in [-0.05, 0) is 49.2 Å². The lowest BCUT2D eigenvalue weighted by Gasteiger charge is -2.24. The van der Waals surface area contributed by atoms with Crippen LogP contribution in [0, 0.1) is 13.8 Å². The number of aliphatic hydroxyl groups is 1. The van der Waals surface area contributed by atoms with Gasteiger partial charge in [0.2, 0.25) is 5.78 Å². The Morgan fingerprint density at radius 3 is 2.40 bits per heavy atom. The fourth-order valence-corrected chi connectivity index (χ4v) is 4.03. The zero-order chi connectivity index (χ0) is 24.5. The molecular formula is C27H22N2O6. The number of anilines is 1. The number of carbonyl (C=O) groups excluding carboxylic acids is 2. The fraction of sp³-hybridized carbons (Fsp3) is 0.148. The van der Waals surface area contributed by atoms with Crippen molar-refractivity contribution in [2.24, 2.45) is 0 Å². The summed E-state index contributed by atoms with van der Waals surface area (Å²) in [6.45, 7) is 3.80. The van der Waals surface area contributed by atoms with E-state index in [1.54, 1.807) is 50.2 Å². The van der Waals surface area contributed by atoms with Crippen LogP contribution in [-0.2, 0) is 11.4 Å². The molecule has 8 heteroatoms. The molecule has 0 saturated heterocycles. The SMILES string of the molecule is Cc1cc(N2C(=O)C(O)=C(C(=O)c3ccc(C)o3)[C@H]2c2ccc(OCc3ccccc3)cc2)no1. The molecule has 0 radical (unpaired) electrons. The first-order valence-electron chi connectivity index (χ1n) is 11.0. The first kappa shape index (κ1) is 22.2. The molecule has 35 heavy (non-hydrogen) atoms.